The third kappa shape index (κ3) is 3.27. The van der Waals surface area contributed by atoms with Crippen molar-refractivity contribution in [2.75, 3.05) is 26.2 Å². The van der Waals surface area contributed by atoms with Gasteiger partial charge < -0.3 is 10.2 Å². The van der Waals surface area contributed by atoms with Gasteiger partial charge in [0.05, 0.1) is 0 Å². The number of nitrogens with one attached hydrogen (secondary N) is 1. The standard InChI is InChI=1S/C16H30N2/c1-14-6-10-18(11-7-14)13-16(8-2-3-9-16)12-17-15-4-5-15/h14-15,17H,2-13H2,1H3. The first-order chi connectivity index (χ1) is 8.76. The molecular formula is C16H30N2. The summed E-state index contributed by atoms with van der Waals surface area (Å²) in [7, 11) is 0. The molecule has 3 fully saturated rings. The minimum atomic E-state index is 0.628. The summed E-state index contributed by atoms with van der Waals surface area (Å²) in [5, 5.41) is 3.81. The second-order valence-electron chi connectivity index (χ2n) is 7.32. The Kier molecular flexibility index (Phi) is 3.95. The zero-order valence-electron chi connectivity index (χ0n) is 12.1. The third-order valence-corrected chi connectivity index (χ3v) is 5.44. The van der Waals surface area contributed by atoms with Crippen LogP contribution >= 0.6 is 0 Å². The minimum absolute atomic E-state index is 0.628. The molecule has 104 valence electrons. The van der Waals surface area contributed by atoms with E-state index in [1.807, 2.05) is 0 Å². The van der Waals surface area contributed by atoms with Gasteiger partial charge in [0.1, 0.15) is 0 Å². The molecule has 1 aliphatic heterocycles. The maximum Gasteiger partial charge on any atom is 0.00684 e. The molecule has 0 atom stereocenters. The predicted molar refractivity (Wildman–Crippen MR) is 76.8 cm³/mol. The van der Waals surface area contributed by atoms with Crippen LogP contribution in [0.2, 0.25) is 0 Å². The summed E-state index contributed by atoms with van der Waals surface area (Å²) in [6, 6.07) is 0.879. The van der Waals surface area contributed by atoms with Crippen LogP contribution < -0.4 is 5.32 Å². The molecule has 0 radical (unpaired) electrons. The minimum Gasteiger partial charge on any atom is -0.313 e. The molecule has 0 amide bonds. The Hall–Kier alpha value is -0.0800. The molecule has 2 heteroatoms. The molecule has 2 saturated carbocycles. The molecule has 1 N–H and O–H groups in total. The van der Waals surface area contributed by atoms with E-state index in [0.717, 1.165) is 12.0 Å². The van der Waals surface area contributed by atoms with Crippen LogP contribution in [-0.4, -0.2) is 37.1 Å². The average Bonchev–Trinajstić information content (AvgIpc) is 3.10. The molecule has 2 aliphatic carbocycles. The van der Waals surface area contributed by atoms with E-state index in [-0.39, 0.29) is 0 Å². The highest BCUT2D eigenvalue weighted by Crippen LogP contribution is 2.39. The zero-order valence-corrected chi connectivity index (χ0v) is 12.1. The van der Waals surface area contributed by atoms with Crippen molar-refractivity contribution >= 4 is 0 Å². The van der Waals surface area contributed by atoms with Gasteiger partial charge in [0, 0.05) is 19.1 Å². The Morgan fingerprint density at radius 2 is 1.72 bits per heavy atom. The van der Waals surface area contributed by atoms with Gasteiger partial charge in [-0.25, -0.2) is 0 Å². The van der Waals surface area contributed by atoms with E-state index in [1.165, 1.54) is 77.5 Å². The summed E-state index contributed by atoms with van der Waals surface area (Å²) in [5.74, 6) is 0.963. The zero-order chi connectivity index (χ0) is 12.4. The molecule has 1 heterocycles. The van der Waals surface area contributed by atoms with Crippen molar-refractivity contribution in [2.45, 2.75) is 64.3 Å². The van der Waals surface area contributed by atoms with E-state index < -0.39 is 0 Å². The highest BCUT2D eigenvalue weighted by Gasteiger charge is 2.37. The Morgan fingerprint density at radius 1 is 1.06 bits per heavy atom. The predicted octanol–water partition coefficient (Wildman–Crippen LogP) is 3.03. The lowest BCUT2D eigenvalue weighted by atomic mass is 9.84. The van der Waals surface area contributed by atoms with Crippen molar-refractivity contribution in [3.63, 3.8) is 0 Å². The Bertz CT molecular complexity index is 258. The summed E-state index contributed by atoms with van der Waals surface area (Å²) in [6.45, 7) is 7.79. The molecule has 3 aliphatic rings. The van der Waals surface area contributed by atoms with Crippen LogP contribution in [0.25, 0.3) is 0 Å². The van der Waals surface area contributed by atoms with Gasteiger partial charge in [0.2, 0.25) is 0 Å². The van der Waals surface area contributed by atoms with Gasteiger partial charge in [-0.15, -0.1) is 0 Å². The number of rotatable bonds is 5. The van der Waals surface area contributed by atoms with Crippen molar-refractivity contribution in [1.29, 1.82) is 0 Å². The normalized spacial score (nSPS) is 29.8. The van der Waals surface area contributed by atoms with Crippen molar-refractivity contribution < 1.29 is 0 Å². The molecule has 0 aromatic carbocycles. The summed E-state index contributed by atoms with van der Waals surface area (Å²) in [6.07, 6.45) is 11.6. The lowest BCUT2D eigenvalue weighted by Crippen LogP contribution is -2.45. The van der Waals surface area contributed by atoms with Crippen LogP contribution in [0.4, 0.5) is 0 Å². The Balaban J connectivity index is 1.52. The number of hydrogen-bond donors (Lipinski definition) is 1. The van der Waals surface area contributed by atoms with Gasteiger partial charge in [-0.3, -0.25) is 0 Å². The Labute approximate surface area is 113 Å². The van der Waals surface area contributed by atoms with Gasteiger partial charge in [-0.2, -0.15) is 0 Å². The summed E-state index contributed by atoms with van der Waals surface area (Å²) < 4.78 is 0. The van der Waals surface area contributed by atoms with E-state index in [1.54, 1.807) is 0 Å². The smallest absolute Gasteiger partial charge is 0.00684 e. The molecular weight excluding hydrogens is 220 g/mol. The van der Waals surface area contributed by atoms with Crippen LogP contribution in [0, 0.1) is 11.3 Å². The maximum atomic E-state index is 3.81. The van der Waals surface area contributed by atoms with Crippen LogP contribution in [0.5, 0.6) is 0 Å². The summed E-state index contributed by atoms with van der Waals surface area (Å²) in [5.41, 5.74) is 0.628. The monoisotopic (exact) mass is 250 g/mol. The van der Waals surface area contributed by atoms with E-state index in [2.05, 4.69) is 17.1 Å². The maximum absolute atomic E-state index is 3.81. The molecule has 0 aromatic heterocycles. The van der Waals surface area contributed by atoms with Crippen molar-refractivity contribution in [3.05, 3.63) is 0 Å². The van der Waals surface area contributed by atoms with Crippen molar-refractivity contribution in [3.8, 4) is 0 Å². The fraction of sp³-hybridized carbons (Fsp3) is 1.00. The molecule has 18 heavy (non-hydrogen) atoms. The molecule has 0 spiro atoms. The lowest BCUT2D eigenvalue weighted by molar-refractivity contribution is 0.113. The highest BCUT2D eigenvalue weighted by molar-refractivity contribution is 4.93. The second-order valence-corrected chi connectivity index (χ2v) is 7.32. The first-order valence-electron chi connectivity index (χ1n) is 8.22. The first-order valence-corrected chi connectivity index (χ1v) is 8.22. The summed E-state index contributed by atoms with van der Waals surface area (Å²) in [4.78, 5) is 2.76. The third-order valence-electron chi connectivity index (χ3n) is 5.44. The van der Waals surface area contributed by atoms with Gasteiger partial charge in [-0.1, -0.05) is 19.8 Å². The Morgan fingerprint density at radius 3 is 2.33 bits per heavy atom. The molecule has 2 nitrogen and oxygen atoms in total. The van der Waals surface area contributed by atoms with Crippen molar-refractivity contribution in [2.24, 2.45) is 11.3 Å². The topological polar surface area (TPSA) is 15.3 Å². The van der Waals surface area contributed by atoms with E-state index in [0.29, 0.717) is 5.41 Å². The molecule has 1 saturated heterocycles. The second kappa shape index (κ2) is 5.50. The van der Waals surface area contributed by atoms with Crippen LogP contribution in [0.1, 0.15) is 58.3 Å². The number of piperidine rings is 1. The van der Waals surface area contributed by atoms with Crippen LogP contribution in [0.15, 0.2) is 0 Å². The van der Waals surface area contributed by atoms with Crippen molar-refractivity contribution in [1.82, 2.24) is 10.2 Å². The van der Waals surface area contributed by atoms with Crippen LogP contribution in [0.3, 0.4) is 0 Å². The average molecular weight is 250 g/mol. The lowest BCUT2D eigenvalue weighted by Gasteiger charge is -2.39. The largest absolute Gasteiger partial charge is 0.313 e. The van der Waals surface area contributed by atoms with Gasteiger partial charge >= 0.3 is 0 Å². The molecule has 3 rings (SSSR count). The number of likely N-dealkylation sites (tertiary alicyclic amines) is 1. The molecule has 0 unspecified atom stereocenters. The van der Waals surface area contributed by atoms with E-state index >= 15 is 0 Å². The quantitative estimate of drug-likeness (QED) is 0.807. The van der Waals surface area contributed by atoms with Gasteiger partial charge in [-0.05, 0) is 62.9 Å². The molecule has 0 bridgehead atoms. The van der Waals surface area contributed by atoms with Gasteiger partial charge in [0.15, 0.2) is 0 Å². The SMILES string of the molecule is CC1CCN(CC2(CNC3CC3)CCCC2)CC1. The highest BCUT2D eigenvalue weighted by atomic mass is 15.1. The molecule has 0 aromatic rings. The fourth-order valence-electron chi connectivity index (χ4n) is 3.86. The van der Waals surface area contributed by atoms with Crippen LogP contribution in [-0.2, 0) is 0 Å². The fourth-order valence-corrected chi connectivity index (χ4v) is 3.86. The number of hydrogen-bond acceptors (Lipinski definition) is 2. The summed E-state index contributed by atoms with van der Waals surface area (Å²) >= 11 is 0. The van der Waals surface area contributed by atoms with Gasteiger partial charge in [0.25, 0.3) is 0 Å². The van der Waals surface area contributed by atoms with E-state index in [9.17, 15) is 0 Å². The first kappa shape index (κ1) is 12.9. The number of nitrogens with zero attached hydrogens (tertiary/aromatic N) is 1. The van der Waals surface area contributed by atoms with E-state index in [4.69, 9.17) is 0 Å².